The molecule has 4 rings (SSSR count). The number of carbonyl (C=O) groups excluding carboxylic acids is 1. The van der Waals surface area contributed by atoms with Crippen molar-refractivity contribution in [1.82, 2.24) is 9.21 Å². The molecule has 1 aromatic carbocycles. The van der Waals surface area contributed by atoms with E-state index in [2.05, 4.69) is 0 Å². The summed E-state index contributed by atoms with van der Waals surface area (Å²) >= 11 is 0. The first-order valence-electron chi connectivity index (χ1n) is 11.8. The standard InChI is InChI=1S/C23H29F5N2O4S/c24-22(25)10-6-15(7-11-22)20(31)21(32)29-12-8-18(9-13-29)30(17-4-5-17)35(33,34)19-3-1-2-16(14-19)23(26,27)28/h1-3,14-15,17-18,20,31H,4-13H2/t20-/m1/s1. The summed E-state index contributed by atoms with van der Waals surface area (Å²) in [6.45, 7) is 0.343. The van der Waals surface area contributed by atoms with Crippen molar-refractivity contribution in [2.75, 3.05) is 13.1 Å². The zero-order valence-electron chi connectivity index (χ0n) is 19.1. The fourth-order valence-electron chi connectivity index (χ4n) is 5.08. The number of likely N-dealkylation sites (tertiary alicyclic amines) is 1. The lowest BCUT2D eigenvalue weighted by molar-refractivity contribution is -0.147. The van der Waals surface area contributed by atoms with Crippen molar-refractivity contribution in [3.8, 4) is 0 Å². The van der Waals surface area contributed by atoms with Crippen LogP contribution in [0.5, 0.6) is 0 Å². The Morgan fingerprint density at radius 3 is 2.14 bits per heavy atom. The lowest BCUT2D eigenvalue weighted by Gasteiger charge is -2.39. The third-order valence-corrected chi connectivity index (χ3v) is 9.24. The minimum absolute atomic E-state index is 0.0566. The molecule has 196 valence electrons. The number of aliphatic hydroxyl groups excluding tert-OH is 1. The maximum Gasteiger partial charge on any atom is 0.416 e. The average Bonchev–Trinajstić information content (AvgIpc) is 3.63. The van der Waals surface area contributed by atoms with Crippen LogP contribution in [0.2, 0.25) is 0 Å². The highest BCUT2D eigenvalue weighted by molar-refractivity contribution is 7.89. The normalized spacial score (nSPS) is 23.5. The van der Waals surface area contributed by atoms with Gasteiger partial charge >= 0.3 is 6.18 Å². The van der Waals surface area contributed by atoms with E-state index in [0.29, 0.717) is 18.9 Å². The summed E-state index contributed by atoms with van der Waals surface area (Å²) in [5.74, 6) is -3.85. The number of piperidine rings is 1. The summed E-state index contributed by atoms with van der Waals surface area (Å²) in [5, 5.41) is 10.5. The molecule has 1 aromatic rings. The van der Waals surface area contributed by atoms with Gasteiger partial charge in [-0.1, -0.05) is 6.07 Å². The third-order valence-electron chi connectivity index (χ3n) is 7.24. The maximum absolute atomic E-state index is 13.4. The molecule has 6 nitrogen and oxygen atoms in total. The van der Waals surface area contributed by atoms with E-state index in [1.165, 1.54) is 9.21 Å². The summed E-state index contributed by atoms with van der Waals surface area (Å²) in [5.41, 5.74) is -1.04. The molecule has 12 heteroatoms. The second-order valence-corrected chi connectivity index (χ2v) is 11.6. The number of sulfonamides is 1. The topological polar surface area (TPSA) is 77.9 Å². The Balaban J connectivity index is 1.42. The fourth-order valence-corrected chi connectivity index (χ4v) is 7.06. The molecule has 1 amide bonds. The molecule has 1 aliphatic heterocycles. The van der Waals surface area contributed by atoms with Crippen molar-refractivity contribution in [2.45, 2.75) is 86.5 Å². The number of hydrogen-bond acceptors (Lipinski definition) is 4. The molecule has 0 unspecified atom stereocenters. The minimum Gasteiger partial charge on any atom is -0.383 e. The highest BCUT2D eigenvalue weighted by Crippen LogP contribution is 2.40. The van der Waals surface area contributed by atoms with Gasteiger partial charge in [-0.05, 0) is 62.6 Å². The molecule has 0 spiro atoms. The van der Waals surface area contributed by atoms with Gasteiger partial charge in [0.15, 0.2) is 0 Å². The monoisotopic (exact) mass is 524 g/mol. The Hall–Kier alpha value is -1.79. The molecule has 3 aliphatic rings. The van der Waals surface area contributed by atoms with Gasteiger partial charge in [0, 0.05) is 38.0 Å². The van der Waals surface area contributed by atoms with E-state index in [1.54, 1.807) is 0 Å². The van der Waals surface area contributed by atoms with Gasteiger partial charge in [-0.25, -0.2) is 17.2 Å². The van der Waals surface area contributed by atoms with E-state index in [9.17, 15) is 40.3 Å². The van der Waals surface area contributed by atoms with Gasteiger partial charge in [0.2, 0.25) is 15.9 Å². The first-order chi connectivity index (χ1) is 16.3. The molecule has 1 atom stereocenters. The van der Waals surface area contributed by atoms with E-state index < -0.39 is 56.6 Å². The number of halogens is 5. The van der Waals surface area contributed by atoms with Gasteiger partial charge in [0.1, 0.15) is 6.10 Å². The van der Waals surface area contributed by atoms with Crippen LogP contribution < -0.4 is 0 Å². The summed E-state index contributed by atoms with van der Waals surface area (Å²) in [6, 6.07) is 2.91. The second kappa shape index (κ2) is 9.59. The molecule has 2 aliphatic carbocycles. The lowest BCUT2D eigenvalue weighted by atomic mass is 9.82. The summed E-state index contributed by atoms with van der Waals surface area (Å²) in [6.07, 6.45) is -4.90. The molecular weight excluding hydrogens is 495 g/mol. The molecule has 1 saturated heterocycles. The first-order valence-corrected chi connectivity index (χ1v) is 13.3. The number of amides is 1. The van der Waals surface area contributed by atoms with E-state index >= 15 is 0 Å². The van der Waals surface area contributed by atoms with Gasteiger partial charge in [-0.15, -0.1) is 0 Å². The number of hydrogen-bond donors (Lipinski definition) is 1. The fraction of sp³-hybridized carbons (Fsp3) is 0.696. The largest absolute Gasteiger partial charge is 0.416 e. The first kappa shape index (κ1) is 26.3. The Kier molecular flexibility index (Phi) is 7.20. The van der Waals surface area contributed by atoms with Crippen LogP contribution in [0.3, 0.4) is 0 Å². The smallest absolute Gasteiger partial charge is 0.383 e. The Labute approximate surface area is 201 Å². The molecule has 3 fully saturated rings. The third kappa shape index (κ3) is 5.80. The highest BCUT2D eigenvalue weighted by atomic mass is 32.2. The molecular formula is C23H29F5N2O4S. The Bertz CT molecular complexity index is 1030. The summed E-state index contributed by atoms with van der Waals surface area (Å²) < 4.78 is 94.2. The second-order valence-electron chi connectivity index (χ2n) is 9.79. The van der Waals surface area contributed by atoms with E-state index in [1.807, 2.05) is 0 Å². The van der Waals surface area contributed by atoms with Crippen LogP contribution in [0, 0.1) is 5.92 Å². The molecule has 1 heterocycles. The van der Waals surface area contributed by atoms with Crippen molar-refractivity contribution in [1.29, 1.82) is 0 Å². The SMILES string of the molecule is O=C([C@H](O)C1CCC(F)(F)CC1)N1CCC(N(C2CC2)S(=O)(=O)c2cccc(C(F)(F)F)c2)CC1. The molecule has 1 N–H and O–H groups in total. The van der Waals surface area contributed by atoms with Crippen LogP contribution in [0.15, 0.2) is 29.2 Å². The quantitative estimate of drug-likeness (QED) is 0.570. The zero-order chi connectivity index (χ0) is 25.6. The summed E-state index contributed by atoms with van der Waals surface area (Å²) in [7, 11) is -4.19. The Morgan fingerprint density at radius 1 is 1.03 bits per heavy atom. The van der Waals surface area contributed by atoms with Gasteiger partial charge in [0.05, 0.1) is 10.5 Å². The number of rotatable bonds is 6. The number of aliphatic hydroxyl groups is 1. The van der Waals surface area contributed by atoms with E-state index in [4.69, 9.17) is 0 Å². The number of carbonyl (C=O) groups is 1. The van der Waals surface area contributed by atoms with Crippen molar-refractivity contribution in [2.24, 2.45) is 5.92 Å². The van der Waals surface area contributed by atoms with Crippen LogP contribution in [-0.2, 0) is 21.0 Å². The van der Waals surface area contributed by atoms with Crippen LogP contribution >= 0.6 is 0 Å². The molecule has 0 aromatic heterocycles. The average molecular weight is 525 g/mol. The summed E-state index contributed by atoms with van der Waals surface area (Å²) in [4.78, 5) is 13.8. The van der Waals surface area contributed by atoms with E-state index in [0.717, 1.165) is 18.2 Å². The van der Waals surface area contributed by atoms with Gasteiger partial charge < -0.3 is 10.0 Å². The highest BCUT2D eigenvalue weighted by Gasteiger charge is 2.45. The minimum atomic E-state index is -4.67. The maximum atomic E-state index is 13.4. The number of benzene rings is 1. The van der Waals surface area contributed by atoms with Gasteiger partial charge in [-0.3, -0.25) is 4.79 Å². The predicted octanol–water partition coefficient (Wildman–Crippen LogP) is 4.04. The molecule has 2 saturated carbocycles. The lowest BCUT2D eigenvalue weighted by Crippen LogP contribution is -2.52. The number of alkyl halides is 5. The van der Waals surface area contributed by atoms with Gasteiger partial charge in [0.25, 0.3) is 5.91 Å². The van der Waals surface area contributed by atoms with E-state index in [-0.39, 0.29) is 57.7 Å². The molecule has 0 radical (unpaired) electrons. The predicted molar refractivity (Wildman–Crippen MR) is 116 cm³/mol. The Morgan fingerprint density at radius 2 is 1.60 bits per heavy atom. The van der Waals surface area contributed by atoms with Crippen LogP contribution in [-0.4, -0.2) is 65.8 Å². The van der Waals surface area contributed by atoms with Crippen molar-refractivity contribution >= 4 is 15.9 Å². The van der Waals surface area contributed by atoms with Crippen molar-refractivity contribution in [3.63, 3.8) is 0 Å². The zero-order valence-corrected chi connectivity index (χ0v) is 19.9. The van der Waals surface area contributed by atoms with Gasteiger partial charge in [-0.2, -0.15) is 17.5 Å². The van der Waals surface area contributed by atoms with Crippen LogP contribution in [0.25, 0.3) is 0 Å². The van der Waals surface area contributed by atoms with Crippen LogP contribution in [0.1, 0.15) is 56.9 Å². The van der Waals surface area contributed by atoms with Crippen molar-refractivity contribution < 1.29 is 40.3 Å². The van der Waals surface area contributed by atoms with Crippen LogP contribution in [0.4, 0.5) is 22.0 Å². The van der Waals surface area contributed by atoms with Crippen molar-refractivity contribution in [3.05, 3.63) is 29.8 Å². The molecule has 35 heavy (non-hydrogen) atoms. The molecule has 0 bridgehead atoms. The number of nitrogens with zero attached hydrogens (tertiary/aromatic N) is 2.